The van der Waals surface area contributed by atoms with Crippen LogP contribution in [0, 0.1) is 12.7 Å². The largest absolute Gasteiger partial charge is 0.368 e. The van der Waals surface area contributed by atoms with Crippen LogP contribution in [-0.4, -0.2) is 35.7 Å². The summed E-state index contributed by atoms with van der Waals surface area (Å²) in [5.74, 6) is -2.60. The first-order chi connectivity index (χ1) is 8.81. The Hall–Kier alpha value is -2.44. The van der Waals surface area contributed by atoms with Gasteiger partial charge in [0.2, 0.25) is 11.8 Å². The molecule has 6 nitrogen and oxygen atoms in total. The average Bonchev–Trinajstić information content (AvgIpc) is 2.29. The van der Waals surface area contributed by atoms with E-state index in [1.165, 1.54) is 19.1 Å². The van der Waals surface area contributed by atoms with E-state index in [2.05, 4.69) is 0 Å². The van der Waals surface area contributed by atoms with Crippen molar-refractivity contribution in [2.45, 2.75) is 6.92 Å². The van der Waals surface area contributed by atoms with Gasteiger partial charge in [0.1, 0.15) is 18.9 Å². The molecular formula is C12H14FN3O3. The fourth-order valence-electron chi connectivity index (χ4n) is 1.54. The van der Waals surface area contributed by atoms with E-state index in [-0.39, 0.29) is 11.1 Å². The molecule has 0 fully saturated rings. The van der Waals surface area contributed by atoms with Gasteiger partial charge in [-0.1, -0.05) is 0 Å². The summed E-state index contributed by atoms with van der Waals surface area (Å²) in [7, 11) is 0. The third-order valence-corrected chi connectivity index (χ3v) is 2.39. The zero-order valence-electron chi connectivity index (χ0n) is 10.4. The Bertz CT molecular complexity index is 515. The number of benzene rings is 1. The standard InChI is InChI=1S/C12H14FN3O3/c1-7-4-8(2-3-9(7)13)12(19)16(5-10(14)17)6-11(15)18/h2-4H,5-6H2,1H3,(H2,14,17)(H2,15,18). The van der Waals surface area contributed by atoms with Gasteiger partial charge in [-0.05, 0) is 30.7 Å². The van der Waals surface area contributed by atoms with Crippen molar-refractivity contribution >= 4 is 17.7 Å². The third-order valence-electron chi connectivity index (χ3n) is 2.39. The van der Waals surface area contributed by atoms with E-state index in [1.54, 1.807) is 0 Å². The Balaban J connectivity index is 3.00. The SMILES string of the molecule is Cc1cc(C(=O)N(CC(N)=O)CC(N)=O)ccc1F. The summed E-state index contributed by atoms with van der Waals surface area (Å²) >= 11 is 0. The molecule has 3 amide bonds. The van der Waals surface area contributed by atoms with Crippen molar-refractivity contribution in [2.75, 3.05) is 13.1 Å². The van der Waals surface area contributed by atoms with Crippen LogP contribution in [0.15, 0.2) is 18.2 Å². The molecule has 0 aliphatic rings. The maximum atomic E-state index is 13.1. The Morgan fingerprint density at radius 3 is 2.11 bits per heavy atom. The zero-order chi connectivity index (χ0) is 14.6. The van der Waals surface area contributed by atoms with E-state index < -0.39 is 36.6 Å². The topological polar surface area (TPSA) is 106 Å². The first-order valence-electron chi connectivity index (χ1n) is 5.43. The quantitative estimate of drug-likeness (QED) is 0.754. The Morgan fingerprint density at radius 2 is 1.68 bits per heavy atom. The van der Waals surface area contributed by atoms with E-state index in [9.17, 15) is 18.8 Å². The van der Waals surface area contributed by atoms with E-state index in [0.717, 1.165) is 11.0 Å². The maximum Gasteiger partial charge on any atom is 0.254 e. The van der Waals surface area contributed by atoms with Crippen molar-refractivity contribution in [1.82, 2.24) is 4.90 Å². The lowest BCUT2D eigenvalue weighted by molar-refractivity contribution is -0.121. The highest BCUT2D eigenvalue weighted by Crippen LogP contribution is 2.11. The van der Waals surface area contributed by atoms with Crippen LogP contribution in [0.3, 0.4) is 0 Å². The van der Waals surface area contributed by atoms with Gasteiger partial charge in [-0.15, -0.1) is 0 Å². The molecule has 0 saturated carbocycles. The number of nitrogens with zero attached hydrogens (tertiary/aromatic N) is 1. The maximum absolute atomic E-state index is 13.1. The highest BCUT2D eigenvalue weighted by Gasteiger charge is 2.20. The van der Waals surface area contributed by atoms with Gasteiger partial charge < -0.3 is 16.4 Å². The number of carbonyl (C=O) groups excluding carboxylic acids is 3. The number of rotatable bonds is 5. The molecule has 0 spiro atoms. The van der Waals surface area contributed by atoms with Gasteiger partial charge in [-0.2, -0.15) is 0 Å². The average molecular weight is 267 g/mol. The van der Waals surface area contributed by atoms with Gasteiger partial charge in [0, 0.05) is 5.56 Å². The third kappa shape index (κ3) is 4.06. The molecule has 0 aliphatic carbocycles. The van der Waals surface area contributed by atoms with E-state index in [4.69, 9.17) is 11.5 Å². The number of carbonyl (C=O) groups is 3. The van der Waals surface area contributed by atoms with Gasteiger partial charge >= 0.3 is 0 Å². The second kappa shape index (κ2) is 5.94. The lowest BCUT2D eigenvalue weighted by Gasteiger charge is -2.19. The van der Waals surface area contributed by atoms with Crippen LogP contribution in [0.1, 0.15) is 15.9 Å². The smallest absolute Gasteiger partial charge is 0.254 e. The number of primary amides is 2. The van der Waals surface area contributed by atoms with Crippen LogP contribution in [0.4, 0.5) is 4.39 Å². The summed E-state index contributed by atoms with van der Waals surface area (Å²) in [4.78, 5) is 34.7. The minimum absolute atomic E-state index is 0.154. The number of aryl methyl sites for hydroxylation is 1. The lowest BCUT2D eigenvalue weighted by Crippen LogP contribution is -2.43. The Labute approximate surface area is 109 Å². The second-order valence-corrected chi connectivity index (χ2v) is 4.06. The lowest BCUT2D eigenvalue weighted by atomic mass is 10.1. The predicted molar refractivity (Wildman–Crippen MR) is 65.4 cm³/mol. The molecule has 0 radical (unpaired) electrons. The number of halogens is 1. The first-order valence-corrected chi connectivity index (χ1v) is 5.43. The molecule has 0 heterocycles. The number of amides is 3. The Kier molecular flexibility index (Phi) is 4.57. The molecule has 0 aliphatic heterocycles. The van der Waals surface area contributed by atoms with Crippen LogP contribution < -0.4 is 11.5 Å². The van der Waals surface area contributed by atoms with Crippen LogP contribution in [0.2, 0.25) is 0 Å². The normalized spacial score (nSPS) is 10.0. The van der Waals surface area contributed by atoms with Gasteiger partial charge in [0.15, 0.2) is 0 Å². The number of hydrogen-bond donors (Lipinski definition) is 2. The molecule has 1 aromatic rings. The van der Waals surface area contributed by atoms with Gasteiger partial charge in [0.25, 0.3) is 5.91 Å². The van der Waals surface area contributed by atoms with Crippen LogP contribution in [0.5, 0.6) is 0 Å². The molecule has 7 heteroatoms. The van der Waals surface area contributed by atoms with Crippen molar-refractivity contribution < 1.29 is 18.8 Å². The molecule has 0 atom stereocenters. The van der Waals surface area contributed by atoms with Crippen LogP contribution in [-0.2, 0) is 9.59 Å². The molecular weight excluding hydrogens is 253 g/mol. The molecule has 102 valence electrons. The summed E-state index contributed by atoms with van der Waals surface area (Å²) in [6, 6.07) is 3.72. The molecule has 0 saturated heterocycles. The van der Waals surface area contributed by atoms with Gasteiger partial charge in [-0.25, -0.2) is 4.39 Å². The molecule has 0 bridgehead atoms. The fraction of sp³-hybridized carbons (Fsp3) is 0.250. The summed E-state index contributed by atoms with van der Waals surface area (Å²) in [5.41, 5.74) is 10.4. The number of hydrogen-bond acceptors (Lipinski definition) is 3. The van der Waals surface area contributed by atoms with E-state index in [1.807, 2.05) is 0 Å². The van der Waals surface area contributed by atoms with Crippen molar-refractivity contribution in [2.24, 2.45) is 11.5 Å². The molecule has 19 heavy (non-hydrogen) atoms. The predicted octanol–water partition coefficient (Wildman–Crippen LogP) is -0.453. The summed E-state index contributed by atoms with van der Waals surface area (Å²) in [5, 5.41) is 0. The second-order valence-electron chi connectivity index (χ2n) is 4.06. The van der Waals surface area contributed by atoms with Crippen LogP contribution in [0.25, 0.3) is 0 Å². The summed E-state index contributed by atoms with van der Waals surface area (Å²) < 4.78 is 13.1. The Morgan fingerprint density at radius 1 is 1.16 bits per heavy atom. The minimum Gasteiger partial charge on any atom is -0.368 e. The highest BCUT2D eigenvalue weighted by molar-refractivity contribution is 5.98. The van der Waals surface area contributed by atoms with E-state index >= 15 is 0 Å². The molecule has 1 rings (SSSR count). The van der Waals surface area contributed by atoms with Crippen molar-refractivity contribution in [3.8, 4) is 0 Å². The summed E-state index contributed by atoms with van der Waals surface area (Å²) in [6.07, 6.45) is 0. The molecule has 1 aromatic carbocycles. The first kappa shape index (κ1) is 14.6. The van der Waals surface area contributed by atoms with Gasteiger partial charge in [0.05, 0.1) is 0 Å². The van der Waals surface area contributed by atoms with E-state index in [0.29, 0.717) is 0 Å². The zero-order valence-corrected chi connectivity index (χ0v) is 10.4. The summed E-state index contributed by atoms with van der Waals surface area (Å²) in [6.45, 7) is 0.634. The number of nitrogens with two attached hydrogens (primary N) is 2. The van der Waals surface area contributed by atoms with Crippen molar-refractivity contribution in [3.05, 3.63) is 35.1 Å². The monoisotopic (exact) mass is 267 g/mol. The highest BCUT2D eigenvalue weighted by atomic mass is 19.1. The van der Waals surface area contributed by atoms with Crippen molar-refractivity contribution in [3.63, 3.8) is 0 Å². The molecule has 0 unspecified atom stereocenters. The molecule has 4 N–H and O–H groups in total. The fourth-order valence-corrected chi connectivity index (χ4v) is 1.54. The van der Waals surface area contributed by atoms with Crippen molar-refractivity contribution in [1.29, 1.82) is 0 Å². The minimum atomic E-state index is -0.770. The van der Waals surface area contributed by atoms with Crippen LogP contribution >= 0.6 is 0 Å². The molecule has 0 aromatic heterocycles. The van der Waals surface area contributed by atoms with Gasteiger partial charge in [-0.3, -0.25) is 14.4 Å².